The van der Waals surface area contributed by atoms with Crippen LogP contribution >= 0.6 is 0 Å². The number of hydrogen-bond donors (Lipinski definition) is 3. The van der Waals surface area contributed by atoms with Gasteiger partial charge in [0.2, 0.25) is 0 Å². The quantitative estimate of drug-likeness (QED) is 0.721. The van der Waals surface area contributed by atoms with E-state index in [4.69, 9.17) is 15.1 Å². The van der Waals surface area contributed by atoms with E-state index >= 15 is 0 Å². The van der Waals surface area contributed by atoms with Gasteiger partial charge in [-0.25, -0.2) is 15.1 Å². The smallest absolute Gasteiger partial charge is 0.335 e. The first-order chi connectivity index (χ1) is 9.10. The molecule has 0 bridgehead atoms. The number of benzene rings is 1. The Morgan fingerprint density at radius 3 is 1.70 bits per heavy atom. The van der Waals surface area contributed by atoms with Crippen molar-refractivity contribution < 1.29 is 29.4 Å². The van der Waals surface area contributed by atoms with E-state index in [9.17, 15) is 14.4 Å². The summed E-state index contributed by atoms with van der Waals surface area (Å²) in [6.07, 6.45) is 0. The van der Waals surface area contributed by atoms with E-state index in [0.29, 0.717) is 0 Å². The molecule has 1 rings (SSSR count). The minimum absolute atomic E-state index is 0.105. The number of aromatic carboxylic acids is 2. The summed E-state index contributed by atoms with van der Waals surface area (Å²) in [5.74, 6) is -3.36. The van der Waals surface area contributed by atoms with Gasteiger partial charge in [0, 0.05) is 5.56 Å². The summed E-state index contributed by atoms with van der Waals surface area (Å²) in [6.45, 7) is 5.14. The molecule has 20 heavy (non-hydrogen) atoms. The van der Waals surface area contributed by atoms with Crippen molar-refractivity contribution in [1.82, 2.24) is 5.48 Å². The molecule has 0 atom stereocenters. The number of carbonyl (C=O) groups is 3. The Labute approximate surface area is 115 Å². The van der Waals surface area contributed by atoms with Gasteiger partial charge in [-0.05, 0) is 39.0 Å². The third kappa shape index (κ3) is 4.36. The van der Waals surface area contributed by atoms with Gasteiger partial charge in [0.15, 0.2) is 0 Å². The van der Waals surface area contributed by atoms with Crippen molar-refractivity contribution in [2.75, 3.05) is 0 Å². The molecule has 0 aliphatic carbocycles. The van der Waals surface area contributed by atoms with Crippen molar-refractivity contribution in [1.29, 1.82) is 0 Å². The van der Waals surface area contributed by atoms with Crippen LogP contribution in [0.4, 0.5) is 0 Å². The topological polar surface area (TPSA) is 113 Å². The number of rotatable bonds is 4. The van der Waals surface area contributed by atoms with Crippen LogP contribution < -0.4 is 5.48 Å². The Balaban J connectivity index is 3.07. The van der Waals surface area contributed by atoms with Gasteiger partial charge in [-0.1, -0.05) is 0 Å². The first kappa shape index (κ1) is 15.6. The minimum Gasteiger partial charge on any atom is -0.478 e. The zero-order valence-corrected chi connectivity index (χ0v) is 11.3. The maximum atomic E-state index is 11.8. The summed E-state index contributed by atoms with van der Waals surface area (Å²) < 4.78 is 0. The first-order valence-corrected chi connectivity index (χ1v) is 5.70. The van der Waals surface area contributed by atoms with Crippen LogP contribution in [0.2, 0.25) is 0 Å². The van der Waals surface area contributed by atoms with E-state index in [-0.39, 0.29) is 16.7 Å². The number of carboxylic acid groups (broad SMARTS) is 2. The molecule has 0 aromatic heterocycles. The van der Waals surface area contributed by atoms with Crippen LogP contribution in [0.25, 0.3) is 0 Å². The molecule has 7 nitrogen and oxygen atoms in total. The zero-order valence-electron chi connectivity index (χ0n) is 11.3. The summed E-state index contributed by atoms with van der Waals surface area (Å²) in [4.78, 5) is 38.7. The largest absolute Gasteiger partial charge is 0.478 e. The maximum absolute atomic E-state index is 11.8. The fourth-order valence-corrected chi connectivity index (χ4v) is 1.26. The van der Waals surface area contributed by atoms with Crippen LogP contribution in [-0.2, 0) is 4.84 Å². The highest BCUT2D eigenvalue weighted by atomic mass is 16.7. The number of amides is 1. The summed E-state index contributed by atoms with van der Waals surface area (Å²) in [5, 5.41) is 17.8. The number of carboxylic acids is 2. The number of carbonyl (C=O) groups excluding carboxylic acids is 1. The number of hydroxylamine groups is 1. The van der Waals surface area contributed by atoms with Gasteiger partial charge in [-0.2, -0.15) is 0 Å². The van der Waals surface area contributed by atoms with Crippen LogP contribution in [-0.4, -0.2) is 33.7 Å². The summed E-state index contributed by atoms with van der Waals surface area (Å²) >= 11 is 0. The van der Waals surface area contributed by atoms with Gasteiger partial charge >= 0.3 is 11.9 Å². The molecule has 7 heteroatoms. The van der Waals surface area contributed by atoms with Crippen molar-refractivity contribution in [3.05, 3.63) is 34.9 Å². The standard InChI is InChI=1S/C13H15NO6/c1-13(2,3)20-14-10(15)7-4-8(11(16)17)6-9(5-7)12(18)19/h4-6H,1-3H3,(H,14,15)(H,16,17)(H,18,19). The lowest BCUT2D eigenvalue weighted by Crippen LogP contribution is -2.33. The van der Waals surface area contributed by atoms with Crippen LogP contribution in [0.5, 0.6) is 0 Å². The third-order valence-corrected chi connectivity index (χ3v) is 2.14. The molecule has 3 N–H and O–H groups in total. The second-order valence-corrected chi connectivity index (χ2v) is 5.05. The van der Waals surface area contributed by atoms with Gasteiger partial charge in [0.05, 0.1) is 16.7 Å². The molecule has 0 radical (unpaired) electrons. The molecular formula is C13H15NO6. The molecular weight excluding hydrogens is 266 g/mol. The van der Waals surface area contributed by atoms with Crippen molar-refractivity contribution in [2.45, 2.75) is 26.4 Å². The van der Waals surface area contributed by atoms with E-state index in [1.54, 1.807) is 20.8 Å². The van der Waals surface area contributed by atoms with Gasteiger partial charge in [0.25, 0.3) is 5.91 Å². The molecule has 1 aromatic rings. The Morgan fingerprint density at radius 2 is 1.35 bits per heavy atom. The van der Waals surface area contributed by atoms with E-state index in [1.165, 1.54) is 0 Å². The monoisotopic (exact) mass is 281 g/mol. The lowest BCUT2D eigenvalue weighted by molar-refractivity contribution is -0.0589. The molecule has 0 heterocycles. The van der Waals surface area contributed by atoms with Crippen molar-refractivity contribution >= 4 is 17.8 Å². The highest BCUT2D eigenvalue weighted by Crippen LogP contribution is 2.12. The highest BCUT2D eigenvalue weighted by molar-refractivity contribution is 6.01. The molecule has 0 aliphatic rings. The van der Waals surface area contributed by atoms with Crippen LogP contribution in [0.15, 0.2) is 18.2 Å². The predicted octanol–water partition coefficient (Wildman–Crippen LogP) is 1.54. The van der Waals surface area contributed by atoms with E-state index in [1.807, 2.05) is 0 Å². The van der Waals surface area contributed by atoms with Crippen molar-refractivity contribution in [3.8, 4) is 0 Å². The predicted molar refractivity (Wildman–Crippen MR) is 68.7 cm³/mol. The van der Waals surface area contributed by atoms with Gasteiger partial charge < -0.3 is 10.2 Å². The fraction of sp³-hybridized carbons (Fsp3) is 0.308. The van der Waals surface area contributed by atoms with Gasteiger partial charge in [0.1, 0.15) is 0 Å². The van der Waals surface area contributed by atoms with Crippen molar-refractivity contribution in [2.24, 2.45) is 0 Å². The van der Waals surface area contributed by atoms with Crippen LogP contribution in [0, 0.1) is 0 Å². The second kappa shape index (κ2) is 5.70. The summed E-state index contributed by atoms with van der Waals surface area (Å²) in [5.41, 5.74) is 0.839. The fourth-order valence-electron chi connectivity index (χ4n) is 1.26. The Morgan fingerprint density at radius 1 is 0.950 bits per heavy atom. The normalized spacial score (nSPS) is 10.9. The Kier molecular flexibility index (Phi) is 4.46. The molecule has 108 valence electrons. The molecule has 0 unspecified atom stereocenters. The average Bonchev–Trinajstić information content (AvgIpc) is 2.34. The highest BCUT2D eigenvalue weighted by Gasteiger charge is 2.18. The van der Waals surface area contributed by atoms with Gasteiger partial charge in [-0.3, -0.25) is 9.63 Å². The van der Waals surface area contributed by atoms with E-state index < -0.39 is 23.4 Å². The van der Waals surface area contributed by atoms with Crippen molar-refractivity contribution in [3.63, 3.8) is 0 Å². The average molecular weight is 281 g/mol. The Bertz CT molecular complexity index is 526. The van der Waals surface area contributed by atoms with Gasteiger partial charge in [-0.15, -0.1) is 0 Å². The maximum Gasteiger partial charge on any atom is 0.335 e. The number of hydrogen-bond acceptors (Lipinski definition) is 4. The minimum atomic E-state index is -1.32. The zero-order chi connectivity index (χ0) is 15.5. The molecule has 1 amide bonds. The molecule has 0 fully saturated rings. The van der Waals surface area contributed by atoms with E-state index in [0.717, 1.165) is 18.2 Å². The SMILES string of the molecule is CC(C)(C)ONC(=O)c1cc(C(=O)O)cc(C(=O)O)c1. The third-order valence-electron chi connectivity index (χ3n) is 2.14. The summed E-state index contributed by atoms with van der Waals surface area (Å²) in [6, 6.07) is 3.14. The first-order valence-electron chi connectivity index (χ1n) is 5.70. The van der Waals surface area contributed by atoms with E-state index in [2.05, 4.69) is 5.48 Å². The molecule has 1 aromatic carbocycles. The molecule has 0 saturated carbocycles. The molecule has 0 spiro atoms. The number of nitrogens with one attached hydrogen (secondary N) is 1. The van der Waals surface area contributed by atoms with Crippen LogP contribution in [0.1, 0.15) is 51.8 Å². The summed E-state index contributed by atoms with van der Waals surface area (Å²) in [7, 11) is 0. The lowest BCUT2D eigenvalue weighted by Gasteiger charge is -2.19. The molecule has 0 aliphatic heterocycles. The second-order valence-electron chi connectivity index (χ2n) is 5.05. The molecule has 0 saturated heterocycles. The Hall–Kier alpha value is -2.41. The lowest BCUT2D eigenvalue weighted by atomic mass is 10.1. The van der Waals surface area contributed by atoms with Crippen LogP contribution in [0.3, 0.4) is 0 Å².